The Balaban J connectivity index is 1.42. The summed E-state index contributed by atoms with van der Waals surface area (Å²) in [5, 5.41) is 2.03. The minimum absolute atomic E-state index is 0.609. The van der Waals surface area contributed by atoms with E-state index in [1.54, 1.807) is 11.3 Å². The maximum Gasteiger partial charge on any atom is 0.141 e. The standard InChI is InChI=1S/C21H28N4S/c22-21(20-7-4-15-26-20)23-18-8-9-19-17(16-18)6-3-13-25(19)14-5-12-24-10-1-2-11-24/h4,7-9,15-16H,1-3,5-6,10-14H2,(H2,22,23). The van der Waals surface area contributed by atoms with Crippen LogP contribution >= 0.6 is 11.3 Å². The third kappa shape index (κ3) is 4.10. The zero-order chi connectivity index (χ0) is 17.8. The number of hydrogen-bond acceptors (Lipinski definition) is 4. The molecule has 1 saturated heterocycles. The van der Waals surface area contributed by atoms with Gasteiger partial charge in [0, 0.05) is 18.8 Å². The van der Waals surface area contributed by atoms with Gasteiger partial charge in [-0.25, -0.2) is 4.99 Å². The van der Waals surface area contributed by atoms with Gasteiger partial charge in [0.1, 0.15) is 5.84 Å². The van der Waals surface area contributed by atoms with E-state index in [0.29, 0.717) is 5.84 Å². The van der Waals surface area contributed by atoms with Crippen LogP contribution in [0.3, 0.4) is 0 Å². The maximum atomic E-state index is 6.15. The first-order valence-corrected chi connectivity index (χ1v) is 10.7. The number of likely N-dealkylation sites (tertiary alicyclic amines) is 1. The molecule has 3 heterocycles. The molecule has 0 atom stereocenters. The molecule has 138 valence electrons. The lowest BCUT2D eigenvalue weighted by Crippen LogP contribution is -2.32. The van der Waals surface area contributed by atoms with E-state index in [0.717, 1.165) is 23.5 Å². The summed E-state index contributed by atoms with van der Waals surface area (Å²) in [6.07, 6.45) is 6.38. The molecule has 1 aromatic heterocycles. The minimum Gasteiger partial charge on any atom is -0.383 e. The fraction of sp³-hybridized carbons (Fsp3) is 0.476. The smallest absolute Gasteiger partial charge is 0.141 e. The molecule has 5 heteroatoms. The summed E-state index contributed by atoms with van der Waals surface area (Å²) in [5.41, 5.74) is 9.92. The number of nitrogens with two attached hydrogens (primary N) is 1. The molecule has 1 fully saturated rings. The number of nitrogens with zero attached hydrogens (tertiary/aromatic N) is 3. The number of benzene rings is 1. The molecule has 0 amide bonds. The van der Waals surface area contributed by atoms with Gasteiger partial charge in [-0.1, -0.05) is 6.07 Å². The molecule has 0 bridgehead atoms. The normalized spacial score (nSPS) is 18.3. The second-order valence-corrected chi connectivity index (χ2v) is 8.23. The number of aliphatic imine (C=N–C) groups is 1. The summed E-state index contributed by atoms with van der Waals surface area (Å²) >= 11 is 1.63. The lowest BCUT2D eigenvalue weighted by molar-refractivity contribution is 0.334. The first-order valence-electron chi connectivity index (χ1n) is 9.78. The number of aryl methyl sites for hydroxylation is 1. The third-order valence-corrected chi connectivity index (χ3v) is 6.29. The van der Waals surface area contributed by atoms with Crippen molar-refractivity contribution in [2.45, 2.75) is 32.1 Å². The van der Waals surface area contributed by atoms with Crippen molar-refractivity contribution in [2.75, 3.05) is 37.6 Å². The van der Waals surface area contributed by atoms with Crippen LogP contribution in [0.5, 0.6) is 0 Å². The molecule has 1 aromatic carbocycles. The molecule has 4 nitrogen and oxygen atoms in total. The second-order valence-electron chi connectivity index (χ2n) is 7.28. The largest absolute Gasteiger partial charge is 0.383 e. The summed E-state index contributed by atoms with van der Waals surface area (Å²) in [6, 6.07) is 10.6. The van der Waals surface area contributed by atoms with Crippen LogP contribution in [-0.2, 0) is 6.42 Å². The van der Waals surface area contributed by atoms with Crippen LogP contribution in [0.15, 0.2) is 40.7 Å². The van der Waals surface area contributed by atoms with Gasteiger partial charge in [0.2, 0.25) is 0 Å². The van der Waals surface area contributed by atoms with Crippen LogP contribution < -0.4 is 10.6 Å². The molecule has 2 aliphatic heterocycles. The van der Waals surface area contributed by atoms with E-state index >= 15 is 0 Å². The van der Waals surface area contributed by atoms with Gasteiger partial charge in [0.05, 0.1) is 10.6 Å². The van der Waals surface area contributed by atoms with Crippen molar-refractivity contribution in [3.05, 3.63) is 46.2 Å². The Morgan fingerprint density at radius 1 is 1.08 bits per heavy atom. The highest BCUT2D eigenvalue weighted by Gasteiger charge is 2.18. The summed E-state index contributed by atoms with van der Waals surface area (Å²) in [4.78, 5) is 10.8. The van der Waals surface area contributed by atoms with Crippen LogP contribution in [0.4, 0.5) is 11.4 Å². The van der Waals surface area contributed by atoms with E-state index in [2.05, 4.69) is 33.0 Å². The Morgan fingerprint density at radius 2 is 1.96 bits per heavy atom. The van der Waals surface area contributed by atoms with E-state index in [9.17, 15) is 0 Å². The van der Waals surface area contributed by atoms with Crippen LogP contribution in [-0.4, -0.2) is 43.5 Å². The molecule has 0 radical (unpaired) electrons. The van der Waals surface area contributed by atoms with Gasteiger partial charge in [-0.3, -0.25) is 0 Å². The van der Waals surface area contributed by atoms with Crippen molar-refractivity contribution < 1.29 is 0 Å². The highest BCUT2D eigenvalue weighted by Crippen LogP contribution is 2.31. The number of amidine groups is 1. The molecule has 0 spiro atoms. The summed E-state index contributed by atoms with van der Waals surface area (Å²) in [6.45, 7) is 6.16. The van der Waals surface area contributed by atoms with Crippen molar-refractivity contribution >= 4 is 28.5 Å². The Bertz CT molecular complexity index is 747. The molecule has 0 aliphatic carbocycles. The third-order valence-electron chi connectivity index (χ3n) is 5.40. The van der Waals surface area contributed by atoms with Crippen LogP contribution in [0.2, 0.25) is 0 Å². The molecule has 26 heavy (non-hydrogen) atoms. The summed E-state index contributed by atoms with van der Waals surface area (Å²) < 4.78 is 0. The van der Waals surface area contributed by atoms with E-state index in [1.165, 1.54) is 63.1 Å². The molecule has 0 saturated carbocycles. The zero-order valence-electron chi connectivity index (χ0n) is 15.4. The quantitative estimate of drug-likeness (QED) is 0.619. The van der Waals surface area contributed by atoms with Gasteiger partial charge < -0.3 is 15.5 Å². The number of rotatable bonds is 6. The Hall–Kier alpha value is -1.85. The Labute approximate surface area is 160 Å². The van der Waals surface area contributed by atoms with Gasteiger partial charge in [0.15, 0.2) is 0 Å². The fourth-order valence-electron chi connectivity index (χ4n) is 4.07. The predicted octanol–water partition coefficient (Wildman–Crippen LogP) is 4.02. The van der Waals surface area contributed by atoms with Gasteiger partial charge in [-0.2, -0.15) is 0 Å². The fourth-order valence-corrected chi connectivity index (χ4v) is 4.70. The van der Waals surface area contributed by atoms with Gasteiger partial charge in [0.25, 0.3) is 0 Å². The van der Waals surface area contributed by atoms with Crippen molar-refractivity contribution in [1.29, 1.82) is 0 Å². The summed E-state index contributed by atoms with van der Waals surface area (Å²) in [7, 11) is 0. The average molecular weight is 369 g/mol. The first-order chi connectivity index (χ1) is 12.8. The lowest BCUT2D eigenvalue weighted by Gasteiger charge is -2.32. The molecular formula is C21H28N4S. The van der Waals surface area contributed by atoms with Gasteiger partial charge in [-0.05, 0) is 86.9 Å². The molecule has 2 N–H and O–H groups in total. The summed E-state index contributed by atoms with van der Waals surface area (Å²) in [5.74, 6) is 0.609. The Kier molecular flexibility index (Phi) is 5.56. The minimum atomic E-state index is 0.609. The number of fused-ring (bicyclic) bond motifs is 1. The molecule has 2 aromatic rings. The Morgan fingerprint density at radius 3 is 2.77 bits per heavy atom. The first kappa shape index (κ1) is 17.6. The van der Waals surface area contributed by atoms with Gasteiger partial charge in [-0.15, -0.1) is 11.3 Å². The van der Waals surface area contributed by atoms with Crippen molar-refractivity contribution in [3.8, 4) is 0 Å². The van der Waals surface area contributed by atoms with E-state index in [-0.39, 0.29) is 0 Å². The topological polar surface area (TPSA) is 44.9 Å². The van der Waals surface area contributed by atoms with E-state index < -0.39 is 0 Å². The highest BCUT2D eigenvalue weighted by atomic mass is 32.1. The van der Waals surface area contributed by atoms with E-state index in [1.807, 2.05) is 17.5 Å². The van der Waals surface area contributed by atoms with Crippen LogP contribution in [0, 0.1) is 0 Å². The highest BCUT2D eigenvalue weighted by molar-refractivity contribution is 7.12. The van der Waals surface area contributed by atoms with Crippen LogP contribution in [0.1, 0.15) is 36.1 Å². The van der Waals surface area contributed by atoms with Crippen molar-refractivity contribution in [1.82, 2.24) is 4.90 Å². The molecule has 4 rings (SSSR count). The molecular weight excluding hydrogens is 340 g/mol. The van der Waals surface area contributed by atoms with Crippen LogP contribution in [0.25, 0.3) is 0 Å². The van der Waals surface area contributed by atoms with Crippen molar-refractivity contribution in [3.63, 3.8) is 0 Å². The van der Waals surface area contributed by atoms with Crippen molar-refractivity contribution in [2.24, 2.45) is 10.7 Å². The number of anilines is 1. The number of hydrogen-bond donors (Lipinski definition) is 1. The zero-order valence-corrected chi connectivity index (χ0v) is 16.2. The monoisotopic (exact) mass is 368 g/mol. The maximum absolute atomic E-state index is 6.15. The predicted molar refractivity (Wildman–Crippen MR) is 112 cm³/mol. The van der Waals surface area contributed by atoms with Gasteiger partial charge >= 0.3 is 0 Å². The molecule has 0 unspecified atom stereocenters. The lowest BCUT2D eigenvalue weighted by atomic mass is 10.0. The SMILES string of the molecule is NC(=Nc1ccc2c(c1)CCCN2CCCN1CCCC1)c1cccs1. The number of thiophene rings is 1. The molecule has 2 aliphatic rings. The second kappa shape index (κ2) is 8.23. The van der Waals surface area contributed by atoms with E-state index in [4.69, 9.17) is 5.73 Å². The average Bonchev–Trinajstić information content (AvgIpc) is 3.36.